The summed E-state index contributed by atoms with van der Waals surface area (Å²) in [5.74, 6) is 0.930. The first-order valence-corrected chi connectivity index (χ1v) is 7.25. The number of rotatable bonds is 5. The van der Waals surface area contributed by atoms with Gasteiger partial charge in [0.15, 0.2) is 0 Å². The zero-order valence-electron chi connectivity index (χ0n) is 12.0. The summed E-state index contributed by atoms with van der Waals surface area (Å²) in [7, 11) is 0. The monoisotopic (exact) mass is 277 g/mol. The summed E-state index contributed by atoms with van der Waals surface area (Å²) in [6.07, 6.45) is 0.921. The van der Waals surface area contributed by atoms with Crippen LogP contribution in [-0.2, 0) is 13.0 Å². The second kappa shape index (κ2) is 6.42. The van der Waals surface area contributed by atoms with Gasteiger partial charge in [0.05, 0.1) is 0 Å². The first-order chi connectivity index (χ1) is 10.4. The molecule has 0 saturated carbocycles. The van der Waals surface area contributed by atoms with Gasteiger partial charge in [-0.15, -0.1) is 0 Å². The molecule has 0 unspecified atom stereocenters. The highest BCUT2D eigenvalue weighted by Crippen LogP contribution is 2.25. The molecule has 0 fully saturated rings. The summed E-state index contributed by atoms with van der Waals surface area (Å²) in [6.45, 7) is 1.27. The molecule has 3 aromatic rings. The molecule has 3 aromatic carbocycles. The highest BCUT2D eigenvalue weighted by atomic mass is 16.5. The van der Waals surface area contributed by atoms with Crippen molar-refractivity contribution >= 4 is 10.8 Å². The first kappa shape index (κ1) is 13.7. The molecule has 2 N–H and O–H groups in total. The minimum atomic E-state index is 0.580. The van der Waals surface area contributed by atoms with E-state index in [0.29, 0.717) is 13.2 Å². The van der Waals surface area contributed by atoms with Gasteiger partial charge in [-0.1, -0.05) is 60.7 Å². The Bertz CT molecular complexity index is 714. The van der Waals surface area contributed by atoms with Crippen LogP contribution in [0.4, 0.5) is 0 Å². The lowest BCUT2D eigenvalue weighted by atomic mass is 10.1. The predicted molar refractivity (Wildman–Crippen MR) is 87.5 cm³/mol. The van der Waals surface area contributed by atoms with Crippen LogP contribution in [-0.4, -0.2) is 6.54 Å². The molecule has 0 atom stereocenters. The molecule has 0 aliphatic heterocycles. The third kappa shape index (κ3) is 3.23. The minimum absolute atomic E-state index is 0.580. The van der Waals surface area contributed by atoms with E-state index >= 15 is 0 Å². The van der Waals surface area contributed by atoms with Crippen molar-refractivity contribution in [3.8, 4) is 5.75 Å². The molecule has 0 saturated heterocycles. The summed E-state index contributed by atoms with van der Waals surface area (Å²) in [4.78, 5) is 0. The number of ether oxygens (including phenoxy) is 1. The van der Waals surface area contributed by atoms with E-state index in [-0.39, 0.29) is 0 Å². The molecule has 0 spiro atoms. The Hall–Kier alpha value is -2.32. The van der Waals surface area contributed by atoms with Crippen LogP contribution in [0.5, 0.6) is 5.75 Å². The quantitative estimate of drug-likeness (QED) is 0.767. The zero-order chi connectivity index (χ0) is 14.5. The van der Waals surface area contributed by atoms with Gasteiger partial charge in [0.2, 0.25) is 0 Å². The van der Waals surface area contributed by atoms with Crippen LogP contribution in [0, 0.1) is 0 Å². The van der Waals surface area contributed by atoms with Crippen molar-refractivity contribution in [3.63, 3.8) is 0 Å². The van der Waals surface area contributed by atoms with Gasteiger partial charge in [-0.3, -0.25) is 0 Å². The molecule has 21 heavy (non-hydrogen) atoms. The molecule has 0 amide bonds. The molecular weight excluding hydrogens is 258 g/mol. The highest BCUT2D eigenvalue weighted by molar-refractivity contribution is 5.88. The standard InChI is InChI=1S/C19H19NO/c20-13-12-15-8-10-16(11-9-15)14-21-19-7-3-5-17-4-1-2-6-18(17)19/h1-11H,12-14,20H2. The third-order valence-electron chi connectivity index (χ3n) is 3.60. The molecule has 0 aromatic heterocycles. The van der Waals surface area contributed by atoms with Gasteiger partial charge in [0, 0.05) is 5.39 Å². The van der Waals surface area contributed by atoms with E-state index < -0.39 is 0 Å². The van der Waals surface area contributed by atoms with Crippen LogP contribution in [0.1, 0.15) is 11.1 Å². The highest BCUT2D eigenvalue weighted by Gasteiger charge is 2.02. The number of fused-ring (bicyclic) bond motifs is 1. The van der Waals surface area contributed by atoms with Gasteiger partial charge in [0.1, 0.15) is 12.4 Å². The zero-order valence-corrected chi connectivity index (χ0v) is 12.0. The third-order valence-corrected chi connectivity index (χ3v) is 3.60. The van der Waals surface area contributed by atoms with Gasteiger partial charge >= 0.3 is 0 Å². The Balaban J connectivity index is 1.74. The normalized spacial score (nSPS) is 10.7. The van der Waals surface area contributed by atoms with E-state index in [1.165, 1.54) is 16.5 Å². The molecule has 3 rings (SSSR count). The van der Waals surface area contributed by atoms with Crippen LogP contribution in [0.3, 0.4) is 0 Å². The van der Waals surface area contributed by atoms with Crippen molar-refractivity contribution in [2.24, 2.45) is 5.73 Å². The van der Waals surface area contributed by atoms with Gasteiger partial charge in [-0.2, -0.15) is 0 Å². The largest absolute Gasteiger partial charge is 0.488 e. The molecule has 0 aliphatic rings. The van der Waals surface area contributed by atoms with Crippen LogP contribution in [0.15, 0.2) is 66.7 Å². The second-order valence-electron chi connectivity index (χ2n) is 5.12. The fourth-order valence-corrected chi connectivity index (χ4v) is 2.45. The summed E-state index contributed by atoms with van der Waals surface area (Å²) >= 11 is 0. The minimum Gasteiger partial charge on any atom is -0.488 e. The molecule has 106 valence electrons. The Morgan fingerprint density at radius 1 is 0.762 bits per heavy atom. The summed E-state index contributed by atoms with van der Waals surface area (Å²) < 4.78 is 5.98. The summed E-state index contributed by atoms with van der Waals surface area (Å²) in [5.41, 5.74) is 8.00. The predicted octanol–water partition coefficient (Wildman–Crippen LogP) is 3.92. The maximum atomic E-state index is 5.98. The number of benzene rings is 3. The van der Waals surface area contributed by atoms with Crippen LogP contribution >= 0.6 is 0 Å². The Labute approximate surface area is 125 Å². The van der Waals surface area contributed by atoms with E-state index in [9.17, 15) is 0 Å². The Kier molecular flexibility index (Phi) is 4.17. The summed E-state index contributed by atoms with van der Waals surface area (Å²) in [6, 6.07) is 22.9. The van der Waals surface area contributed by atoms with E-state index in [4.69, 9.17) is 10.5 Å². The number of hydrogen-bond acceptors (Lipinski definition) is 2. The smallest absolute Gasteiger partial charge is 0.127 e. The fraction of sp³-hybridized carbons (Fsp3) is 0.158. The maximum absolute atomic E-state index is 5.98. The Morgan fingerprint density at radius 3 is 2.29 bits per heavy atom. The van der Waals surface area contributed by atoms with E-state index in [1.807, 2.05) is 24.3 Å². The number of nitrogens with two attached hydrogens (primary N) is 1. The average Bonchev–Trinajstić information content (AvgIpc) is 2.54. The maximum Gasteiger partial charge on any atom is 0.127 e. The van der Waals surface area contributed by atoms with Crippen LogP contribution < -0.4 is 10.5 Å². The van der Waals surface area contributed by atoms with Crippen LogP contribution in [0.25, 0.3) is 10.8 Å². The molecule has 2 heteroatoms. The topological polar surface area (TPSA) is 35.2 Å². The molecule has 0 aliphatic carbocycles. The molecule has 0 radical (unpaired) electrons. The van der Waals surface area contributed by atoms with Crippen molar-refractivity contribution < 1.29 is 4.74 Å². The lowest BCUT2D eigenvalue weighted by Crippen LogP contribution is -2.03. The van der Waals surface area contributed by atoms with Gasteiger partial charge in [0.25, 0.3) is 0 Å². The van der Waals surface area contributed by atoms with Crippen molar-refractivity contribution in [3.05, 3.63) is 77.9 Å². The van der Waals surface area contributed by atoms with Gasteiger partial charge in [-0.05, 0) is 35.5 Å². The van der Waals surface area contributed by atoms with E-state index in [0.717, 1.165) is 17.6 Å². The van der Waals surface area contributed by atoms with Crippen molar-refractivity contribution in [1.29, 1.82) is 0 Å². The van der Waals surface area contributed by atoms with E-state index in [1.54, 1.807) is 0 Å². The second-order valence-corrected chi connectivity index (χ2v) is 5.12. The lowest BCUT2D eigenvalue weighted by molar-refractivity contribution is 0.310. The van der Waals surface area contributed by atoms with Gasteiger partial charge in [-0.25, -0.2) is 0 Å². The van der Waals surface area contributed by atoms with Gasteiger partial charge < -0.3 is 10.5 Å². The SMILES string of the molecule is NCCc1ccc(COc2cccc3ccccc23)cc1. The molecule has 2 nitrogen and oxygen atoms in total. The van der Waals surface area contributed by atoms with E-state index in [2.05, 4.69) is 42.5 Å². The molecule has 0 bridgehead atoms. The van der Waals surface area contributed by atoms with Crippen molar-refractivity contribution in [1.82, 2.24) is 0 Å². The fourth-order valence-electron chi connectivity index (χ4n) is 2.45. The van der Waals surface area contributed by atoms with Crippen molar-refractivity contribution in [2.45, 2.75) is 13.0 Å². The molecule has 0 heterocycles. The number of hydrogen-bond donors (Lipinski definition) is 1. The Morgan fingerprint density at radius 2 is 1.48 bits per heavy atom. The lowest BCUT2D eigenvalue weighted by Gasteiger charge is -2.10. The van der Waals surface area contributed by atoms with Crippen LogP contribution in [0.2, 0.25) is 0 Å². The molecular formula is C19H19NO. The summed E-state index contributed by atoms with van der Waals surface area (Å²) in [5, 5.41) is 2.35. The first-order valence-electron chi connectivity index (χ1n) is 7.25. The average molecular weight is 277 g/mol. The van der Waals surface area contributed by atoms with Crippen molar-refractivity contribution in [2.75, 3.05) is 6.54 Å².